The van der Waals surface area contributed by atoms with Gasteiger partial charge in [-0.2, -0.15) is 0 Å². The first-order valence-electron chi connectivity index (χ1n) is 8.39. The number of fused-ring (bicyclic) bond motifs is 1. The Labute approximate surface area is 141 Å². The monoisotopic (exact) mass is 323 g/mol. The standard InChI is InChI=1S/C19H21N3O2/c1-12(2)24-15-3-4-17-16(10-15)19(21-17)13-5-7-20-18(9-13)22-8-6-14(23)11-22/h3-5,7,9-10,12,14,23H,6,8,11H2,1-2H3. The Balaban J connectivity index is 1.59. The first-order chi connectivity index (χ1) is 11.6. The van der Waals surface area contributed by atoms with Gasteiger partial charge in [-0.25, -0.2) is 9.98 Å². The summed E-state index contributed by atoms with van der Waals surface area (Å²) in [7, 11) is 0. The molecule has 0 spiro atoms. The molecule has 124 valence electrons. The summed E-state index contributed by atoms with van der Waals surface area (Å²) in [4.78, 5) is 11.2. The largest absolute Gasteiger partial charge is 0.491 e. The summed E-state index contributed by atoms with van der Waals surface area (Å²) in [6, 6.07) is 10.0. The third kappa shape index (κ3) is 2.76. The van der Waals surface area contributed by atoms with Crippen LogP contribution in [0.25, 0.3) is 0 Å². The van der Waals surface area contributed by atoms with Gasteiger partial charge in [0.1, 0.15) is 11.6 Å². The summed E-state index contributed by atoms with van der Waals surface area (Å²) >= 11 is 0. The van der Waals surface area contributed by atoms with Crippen LogP contribution in [0, 0.1) is 0 Å². The third-order valence-corrected chi connectivity index (χ3v) is 4.33. The smallest absolute Gasteiger partial charge is 0.129 e. The second-order valence-corrected chi connectivity index (χ2v) is 6.60. The van der Waals surface area contributed by atoms with Gasteiger partial charge >= 0.3 is 0 Å². The average Bonchev–Trinajstić information content (AvgIpc) is 2.96. The number of aliphatic imine (C=N–C) groups is 1. The minimum atomic E-state index is -0.257. The van der Waals surface area contributed by atoms with E-state index in [0.717, 1.165) is 47.1 Å². The zero-order valence-corrected chi connectivity index (χ0v) is 13.9. The molecule has 1 N–H and O–H groups in total. The molecule has 24 heavy (non-hydrogen) atoms. The van der Waals surface area contributed by atoms with E-state index in [1.807, 2.05) is 38.2 Å². The zero-order valence-electron chi connectivity index (χ0n) is 13.9. The fourth-order valence-corrected chi connectivity index (χ4v) is 3.18. The molecule has 1 atom stereocenters. The molecule has 5 nitrogen and oxygen atoms in total. The van der Waals surface area contributed by atoms with Crippen molar-refractivity contribution in [2.45, 2.75) is 32.5 Å². The van der Waals surface area contributed by atoms with E-state index in [9.17, 15) is 5.11 Å². The number of aliphatic hydroxyl groups excluding tert-OH is 1. The summed E-state index contributed by atoms with van der Waals surface area (Å²) in [5, 5.41) is 9.72. The van der Waals surface area contributed by atoms with Crippen molar-refractivity contribution < 1.29 is 9.84 Å². The van der Waals surface area contributed by atoms with Crippen molar-refractivity contribution in [1.82, 2.24) is 4.98 Å². The number of pyridine rings is 1. The van der Waals surface area contributed by atoms with Crippen molar-refractivity contribution in [1.29, 1.82) is 0 Å². The van der Waals surface area contributed by atoms with Crippen LogP contribution in [0.3, 0.4) is 0 Å². The van der Waals surface area contributed by atoms with Crippen molar-refractivity contribution in [3.05, 3.63) is 47.7 Å². The predicted molar refractivity (Wildman–Crippen MR) is 94.6 cm³/mol. The van der Waals surface area contributed by atoms with Crippen molar-refractivity contribution in [3.8, 4) is 5.75 Å². The number of β-amino-alcohol motifs (C(OH)–C–C–N with tert-alkyl or cyclic N) is 1. The highest BCUT2D eigenvalue weighted by Gasteiger charge is 2.24. The van der Waals surface area contributed by atoms with E-state index in [0.29, 0.717) is 6.54 Å². The fraction of sp³-hybridized carbons (Fsp3) is 0.368. The topological polar surface area (TPSA) is 58.0 Å². The SMILES string of the molecule is CC(C)Oc1ccc2c(c1)C(c1ccnc(N3CCC(O)C3)c1)=N2. The van der Waals surface area contributed by atoms with Gasteiger partial charge in [-0.05, 0) is 50.6 Å². The lowest BCUT2D eigenvalue weighted by molar-refractivity contribution is 0.198. The summed E-state index contributed by atoms with van der Waals surface area (Å²) < 4.78 is 5.78. The maximum atomic E-state index is 9.72. The van der Waals surface area contributed by atoms with E-state index in [2.05, 4.69) is 27.0 Å². The van der Waals surface area contributed by atoms with Gasteiger partial charge < -0.3 is 14.7 Å². The summed E-state index contributed by atoms with van der Waals surface area (Å²) in [6.07, 6.45) is 2.50. The first kappa shape index (κ1) is 15.1. The van der Waals surface area contributed by atoms with Gasteiger partial charge in [0.25, 0.3) is 0 Å². The van der Waals surface area contributed by atoms with Crippen LogP contribution in [0.15, 0.2) is 41.5 Å². The van der Waals surface area contributed by atoms with E-state index < -0.39 is 0 Å². The molecule has 1 unspecified atom stereocenters. The quantitative estimate of drug-likeness (QED) is 0.802. The molecule has 1 aromatic carbocycles. The Kier molecular flexibility index (Phi) is 3.73. The second-order valence-electron chi connectivity index (χ2n) is 6.60. The summed E-state index contributed by atoms with van der Waals surface area (Å²) in [5.41, 5.74) is 4.14. The number of hydrogen-bond acceptors (Lipinski definition) is 5. The summed E-state index contributed by atoms with van der Waals surface area (Å²) in [5.74, 6) is 1.77. The number of benzene rings is 1. The van der Waals surface area contributed by atoms with Gasteiger partial charge in [0.2, 0.25) is 0 Å². The maximum Gasteiger partial charge on any atom is 0.129 e. The van der Waals surface area contributed by atoms with Crippen LogP contribution in [0.1, 0.15) is 31.4 Å². The first-order valence-corrected chi connectivity index (χ1v) is 8.39. The van der Waals surface area contributed by atoms with Gasteiger partial charge in [0, 0.05) is 30.4 Å². The molecule has 1 aromatic heterocycles. The fourth-order valence-electron chi connectivity index (χ4n) is 3.18. The molecular formula is C19H21N3O2. The molecule has 0 radical (unpaired) electrons. The van der Waals surface area contributed by atoms with Crippen LogP contribution in [-0.2, 0) is 0 Å². The average molecular weight is 323 g/mol. The highest BCUT2D eigenvalue weighted by molar-refractivity contribution is 6.22. The normalized spacial score (nSPS) is 19.1. The second kappa shape index (κ2) is 5.91. The Bertz CT molecular complexity index is 801. The lowest BCUT2D eigenvalue weighted by Crippen LogP contribution is -2.22. The summed E-state index contributed by atoms with van der Waals surface area (Å²) in [6.45, 7) is 5.53. The number of aromatic nitrogens is 1. The van der Waals surface area contributed by atoms with Gasteiger partial charge in [-0.15, -0.1) is 0 Å². The Morgan fingerprint density at radius 2 is 2.12 bits per heavy atom. The lowest BCUT2D eigenvalue weighted by Gasteiger charge is -2.22. The molecule has 2 aromatic rings. The van der Waals surface area contributed by atoms with E-state index in [4.69, 9.17) is 4.74 Å². The van der Waals surface area contributed by atoms with Gasteiger partial charge in [0.05, 0.1) is 23.6 Å². The van der Waals surface area contributed by atoms with Crippen molar-refractivity contribution in [2.24, 2.45) is 4.99 Å². The van der Waals surface area contributed by atoms with Crippen LogP contribution >= 0.6 is 0 Å². The van der Waals surface area contributed by atoms with Crippen molar-refractivity contribution in [3.63, 3.8) is 0 Å². The molecule has 4 rings (SSSR count). The Morgan fingerprint density at radius 1 is 1.25 bits per heavy atom. The minimum Gasteiger partial charge on any atom is -0.491 e. The van der Waals surface area contributed by atoms with E-state index in [-0.39, 0.29) is 12.2 Å². The third-order valence-electron chi connectivity index (χ3n) is 4.33. The number of ether oxygens (including phenoxy) is 1. The maximum absolute atomic E-state index is 9.72. The number of nitrogens with zero attached hydrogens (tertiary/aromatic N) is 3. The number of anilines is 1. The Hall–Kier alpha value is -2.40. The van der Waals surface area contributed by atoms with Gasteiger partial charge in [-0.3, -0.25) is 0 Å². The number of hydrogen-bond donors (Lipinski definition) is 1. The number of rotatable bonds is 4. The van der Waals surface area contributed by atoms with E-state index in [1.54, 1.807) is 0 Å². The predicted octanol–water partition coefficient (Wildman–Crippen LogP) is 2.92. The van der Waals surface area contributed by atoms with Crippen molar-refractivity contribution in [2.75, 3.05) is 18.0 Å². The molecule has 2 aliphatic rings. The molecule has 0 amide bonds. The molecular weight excluding hydrogens is 302 g/mol. The molecule has 1 fully saturated rings. The van der Waals surface area contributed by atoms with Gasteiger partial charge in [0.15, 0.2) is 0 Å². The van der Waals surface area contributed by atoms with E-state index >= 15 is 0 Å². The van der Waals surface area contributed by atoms with Crippen LogP contribution in [0.4, 0.5) is 11.5 Å². The Morgan fingerprint density at radius 3 is 2.88 bits per heavy atom. The zero-order chi connectivity index (χ0) is 16.7. The molecule has 0 bridgehead atoms. The molecule has 5 heteroatoms. The van der Waals surface area contributed by atoms with Crippen LogP contribution in [0.2, 0.25) is 0 Å². The molecule has 2 aliphatic heterocycles. The van der Waals surface area contributed by atoms with E-state index in [1.165, 1.54) is 0 Å². The van der Waals surface area contributed by atoms with Crippen LogP contribution < -0.4 is 9.64 Å². The van der Waals surface area contributed by atoms with Crippen LogP contribution in [0.5, 0.6) is 5.75 Å². The lowest BCUT2D eigenvalue weighted by atomic mass is 9.96. The van der Waals surface area contributed by atoms with Crippen LogP contribution in [-0.4, -0.2) is 41.1 Å². The molecule has 0 aliphatic carbocycles. The highest BCUT2D eigenvalue weighted by atomic mass is 16.5. The molecule has 1 saturated heterocycles. The van der Waals surface area contributed by atoms with Crippen molar-refractivity contribution >= 4 is 17.2 Å². The minimum absolute atomic E-state index is 0.151. The number of aliphatic hydroxyl groups is 1. The molecule has 3 heterocycles. The van der Waals surface area contributed by atoms with Gasteiger partial charge in [-0.1, -0.05) is 0 Å². The molecule has 0 saturated carbocycles. The highest BCUT2D eigenvalue weighted by Crippen LogP contribution is 2.36.